The number of hydrogen-bond acceptors (Lipinski definition) is 4. The van der Waals surface area contributed by atoms with Gasteiger partial charge in [-0.1, -0.05) is 6.92 Å². The fourth-order valence-corrected chi connectivity index (χ4v) is 4.71. The molecule has 0 saturated carbocycles. The lowest BCUT2D eigenvalue weighted by atomic mass is 9.99. The van der Waals surface area contributed by atoms with Gasteiger partial charge in [-0.15, -0.1) is 0 Å². The maximum atomic E-state index is 12.6. The largest absolute Gasteiger partial charge is 0.511 e. The van der Waals surface area contributed by atoms with Crippen LogP contribution < -0.4 is 10.6 Å². The lowest BCUT2D eigenvalue weighted by Crippen LogP contribution is -2.51. The summed E-state index contributed by atoms with van der Waals surface area (Å²) >= 11 is 0. The maximum absolute atomic E-state index is 12.6. The molecular weight excluding hydrogens is 407 g/mol. The normalized spacial score (nSPS) is 22.0. The van der Waals surface area contributed by atoms with E-state index in [2.05, 4.69) is 27.4 Å². The van der Waals surface area contributed by atoms with E-state index in [9.17, 15) is 21.6 Å². The third-order valence-corrected chi connectivity index (χ3v) is 7.35. The molecule has 2 aliphatic rings. The molecule has 2 saturated heterocycles. The molecule has 0 amide bonds. The standard InChI is InChI=1S/C18H34F3N5O2S/c1-15-5-11-25(12-6-15)10-4-3-9-23-17(22-2)24-16-7-13-26(14-8-16)29(27,28)18(19,20)21/h15-16H,3-14H2,1-2H3,(H2,22,23,24). The summed E-state index contributed by atoms with van der Waals surface area (Å²) in [5.74, 6) is 1.44. The van der Waals surface area contributed by atoms with Gasteiger partial charge in [0.1, 0.15) is 0 Å². The molecule has 29 heavy (non-hydrogen) atoms. The van der Waals surface area contributed by atoms with Crippen molar-refractivity contribution < 1.29 is 21.6 Å². The predicted molar refractivity (Wildman–Crippen MR) is 108 cm³/mol. The molecule has 0 atom stereocenters. The van der Waals surface area contributed by atoms with Crippen molar-refractivity contribution in [3.63, 3.8) is 0 Å². The van der Waals surface area contributed by atoms with Crippen molar-refractivity contribution in [2.75, 3.05) is 46.3 Å². The number of guanidine groups is 1. The summed E-state index contributed by atoms with van der Waals surface area (Å²) in [6.07, 6.45) is 5.28. The summed E-state index contributed by atoms with van der Waals surface area (Å²) in [7, 11) is -3.59. The summed E-state index contributed by atoms with van der Waals surface area (Å²) in [6.45, 7) is 6.24. The number of unbranched alkanes of at least 4 members (excludes halogenated alkanes) is 1. The number of rotatable bonds is 7. The van der Waals surface area contributed by atoms with Crippen LogP contribution in [0.4, 0.5) is 13.2 Å². The van der Waals surface area contributed by atoms with Gasteiger partial charge in [-0.05, 0) is 64.1 Å². The van der Waals surface area contributed by atoms with Crippen molar-refractivity contribution in [3.05, 3.63) is 0 Å². The number of piperidine rings is 2. The molecule has 0 spiro atoms. The van der Waals surface area contributed by atoms with Crippen LogP contribution >= 0.6 is 0 Å². The van der Waals surface area contributed by atoms with E-state index in [4.69, 9.17) is 0 Å². The highest BCUT2D eigenvalue weighted by Gasteiger charge is 2.50. The summed E-state index contributed by atoms with van der Waals surface area (Å²) in [5, 5.41) is 6.42. The Morgan fingerprint density at radius 3 is 2.24 bits per heavy atom. The van der Waals surface area contributed by atoms with Crippen molar-refractivity contribution in [2.24, 2.45) is 10.9 Å². The SMILES string of the molecule is CN=C(NCCCCN1CCC(C)CC1)NC1CCN(S(=O)(=O)C(F)(F)F)CC1. The van der Waals surface area contributed by atoms with Crippen molar-refractivity contribution in [1.82, 2.24) is 19.8 Å². The van der Waals surface area contributed by atoms with Crippen LogP contribution in [-0.2, 0) is 10.0 Å². The Kier molecular flexibility index (Phi) is 9.02. The van der Waals surface area contributed by atoms with Gasteiger partial charge in [-0.2, -0.15) is 17.5 Å². The first-order chi connectivity index (χ1) is 13.6. The lowest BCUT2D eigenvalue weighted by Gasteiger charge is -2.32. The number of alkyl halides is 3. The second kappa shape index (κ2) is 10.8. The second-order valence-corrected chi connectivity index (χ2v) is 9.93. The molecule has 0 aromatic carbocycles. The molecule has 2 fully saturated rings. The van der Waals surface area contributed by atoms with Gasteiger partial charge in [0.15, 0.2) is 5.96 Å². The average molecular weight is 442 g/mol. The molecule has 0 aliphatic carbocycles. The van der Waals surface area contributed by atoms with Crippen LogP contribution in [0.15, 0.2) is 4.99 Å². The zero-order chi connectivity index (χ0) is 21.5. The summed E-state index contributed by atoms with van der Waals surface area (Å²) in [5.41, 5.74) is -5.24. The third-order valence-electron chi connectivity index (χ3n) is 5.72. The third kappa shape index (κ3) is 7.29. The highest BCUT2D eigenvalue weighted by molar-refractivity contribution is 7.90. The van der Waals surface area contributed by atoms with Crippen molar-refractivity contribution in [3.8, 4) is 0 Å². The number of nitrogens with one attached hydrogen (secondary N) is 2. The van der Waals surface area contributed by atoms with E-state index in [1.807, 2.05) is 0 Å². The van der Waals surface area contributed by atoms with Gasteiger partial charge in [-0.25, -0.2) is 8.42 Å². The highest BCUT2D eigenvalue weighted by atomic mass is 32.2. The molecule has 0 unspecified atom stereocenters. The van der Waals surface area contributed by atoms with Crippen LogP contribution in [0.3, 0.4) is 0 Å². The Bertz CT molecular complexity index is 626. The first kappa shape index (κ1) is 24.2. The van der Waals surface area contributed by atoms with Gasteiger partial charge < -0.3 is 15.5 Å². The molecule has 2 N–H and O–H groups in total. The molecule has 0 aromatic rings. The van der Waals surface area contributed by atoms with Crippen LogP contribution in [-0.4, -0.2) is 81.4 Å². The molecular formula is C18H34F3N5O2S. The van der Waals surface area contributed by atoms with E-state index in [0.717, 1.165) is 31.8 Å². The Morgan fingerprint density at radius 1 is 1.07 bits per heavy atom. The van der Waals surface area contributed by atoms with E-state index in [-0.39, 0.29) is 19.1 Å². The molecule has 170 valence electrons. The number of hydrogen-bond donors (Lipinski definition) is 2. The van der Waals surface area contributed by atoms with Crippen molar-refractivity contribution in [2.45, 2.75) is 57.0 Å². The van der Waals surface area contributed by atoms with Gasteiger partial charge in [-0.3, -0.25) is 4.99 Å². The molecule has 0 radical (unpaired) electrons. The second-order valence-electron chi connectivity index (χ2n) is 8.00. The fourth-order valence-electron chi connectivity index (χ4n) is 3.73. The minimum Gasteiger partial charge on any atom is -0.356 e. The number of halogens is 3. The molecule has 2 heterocycles. The Hall–Kier alpha value is -1.07. The first-order valence-electron chi connectivity index (χ1n) is 10.4. The van der Waals surface area contributed by atoms with Gasteiger partial charge in [0.25, 0.3) is 0 Å². The topological polar surface area (TPSA) is 77.0 Å². The van der Waals surface area contributed by atoms with E-state index in [0.29, 0.717) is 23.1 Å². The van der Waals surface area contributed by atoms with Crippen LogP contribution in [0.25, 0.3) is 0 Å². The Labute approximate surface area is 172 Å². The monoisotopic (exact) mass is 441 g/mol. The summed E-state index contributed by atoms with van der Waals surface area (Å²) < 4.78 is 61.4. The maximum Gasteiger partial charge on any atom is 0.511 e. The quantitative estimate of drug-likeness (QED) is 0.359. The lowest BCUT2D eigenvalue weighted by molar-refractivity contribution is -0.0494. The molecule has 2 aliphatic heterocycles. The molecule has 0 aromatic heterocycles. The van der Waals surface area contributed by atoms with E-state index in [1.165, 1.54) is 25.9 Å². The highest BCUT2D eigenvalue weighted by Crippen LogP contribution is 2.28. The van der Waals surface area contributed by atoms with Gasteiger partial charge in [0.05, 0.1) is 0 Å². The number of aliphatic imine (C=N–C) groups is 1. The zero-order valence-electron chi connectivity index (χ0n) is 17.3. The molecule has 2 rings (SSSR count). The smallest absolute Gasteiger partial charge is 0.356 e. The minimum atomic E-state index is -5.24. The van der Waals surface area contributed by atoms with Gasteiger partial charge in [0.2, 0.25) is 0 Å². The molecule has 0 bridgehead atoms. The Balaban J connectivity index is 1.63. The van der Waals surface area contributed by atoms with Crippen LogP contribution in [0.1, 0.15) is 45.4 Å². The van der Waals surface area contributed by atoms with Crippen LogP contribution in [0.2, 0.25) is 0 Å². The minimum absolute atomic E-state index is 0.101. The first-order valence-corrected chi connectivity index (χ1v) is 11.8. The zero-order valence-corrected chi connectivity index (χ0v) is 18.2. The van der Waals surface area contributed by atoms with Crippen LogP contribution in [0.5, 0.6) is 0 Å². The number of likely N-dealkylation sites (tertiary alicyclic amines) is 1. The van der Waals surface area contributed by atoms with E-state index in [1.54, 1.807) is 7.05 Å². The predicted octanol–water partition coefficient (Wildman–Crippen LogP) is 1.98. The van der Waals surface area contributed by atoms with E-state index >= 15 is 0 Å². The van der Waals surface area contributed by atoms with Crippen molar-refractivity contribution >= 4 is 16.0 Å². The van der Waals surface area contributed by atoms with Crippen LogP contribution in [0, 0.1) is 5.92 Å². The fraction of sp³-hybridized carbons (Fsp3) is 0.944. The average Bonchev–Trinajstić information content (AvgIpc) is 2.67. The van der Waals surface area contributed by atoms with Gasteiger partial charge >= 0.3 is 15.5 Å². The summed E-state index contributed by atoms with van der Waals surface area (Å²) in [4.78, 5) is 6.67. The number of sulfonamides is 1. The summed E-state index contributed by atoms with van der Waals surface area (Å²) in [6, 6.07) is -0.101. The Morgan fingerprint density at radius 2 is 1.69 bits per heavy atom. The van der Waals surface area contributed by atoms with Gasteiger partial charge in [0, 0.05) is 32.7 Å². The van der Waals surface area contributed by atoms with Crippen molar-refractivity contribution in [1.29, 1.82) is 0 Å². The van der Waals surface area contributed by atoms with E-state index < -0.39 is 15.5 Å². The molecule has 11 heteroatoms. The number of nitrogens with zero attached hydrogens (tertiary/aromatic N) is 3. The molecule has 7 nitrogen and oxygen atoms in total.